The molecule has 1 heterocycles. The molecule has 2 amide bonds. The number of ether oxygens (including phenoxy) is 1. The van der Waals surface area contributed by atoms with Crippen molar-refractivity contribution in [2.45, 2.75) is 77.5 Å². The van der Waals surface area contributed by atoms with Gasteiger partial charge < -0.3 is 14.5 Å². The molecule has 2 aliphatic rings. The summed E-state index contributed by atoms with van der Waals surface area (Å²) in [6.45, 7) is 7.03. The number of benzene rings is 1. The summed E-state index contributed by atoms with van der Waals surface area (Å²) in [7, 11) is 1.89. The third-order valence-electron chi connectivity index (χ3n) is 6.51. The summed E-state index contributed by atoms with van der Waals surface area (Å²) < 4.78 is 6.60. The molecule has 28 heavy (non-hydrogen) atoms. The van der Waals surface area contributed by atoms with Crippen molar-refractivity contribution in [3.05, 3.63) is 29.8 Å². The van der Waals surface area contributed by atoms with Crippen molar-refractivity contribution in [3.63, 3.8) is 0 Å². The van der Waals surface area contributed by atoms with Crippen LogP contribution in [-0.2, 0) is 16.1 Å². The van der Waals surface area contributed by atoms with E-state index in [4.69, 9.17) is 4.74 Å². The lowest BCUT2D eigenvalue weighted by atomic mass is 9.80. The van der Waals surface area contributed by atoms with Gasteiger partial charge in [0.1, 0.15) is 11.4 Å². The summed E-state index contributed by atoms with van der Waals surface area (Å²) in [5.74, 6) is 1.27. The van der Waals surface area contributed by atoms with E-state index in [1.807, 2.05) is 42.0 Å². The number of nitrogens with zero attached hydrogens (tertiary/aromatic N) is 2. The van der Waals surface area contributed by atoms with Crippen molar-refractivity contribution in [1.82, 2.24) is 9.80 Å². The summed E-state index contributed by atoms with van der Waals surface area (Å²) in [4.78, 5) is 28.8. The fourth-order valence-electron chi connectivity index (χ4n) is 4.67. The molecule has 1 saturated carbocycles. The van der Waals surface area contributed by atoms with E-state index in [0.29, 0.717) is 13.1 Å². The van der Waals surface area contributed by atoms with Crippen LogP contribution in [0.5, 0.6) is 5.75 Å². The minimum atomic E-state index is -0.359. The second-order valence-corrected chi connectivity index (χ2v) is 8.64. The molecule has 0 saturated heterocycles. The van der Waals surface area contributed by atoms with Gasteiger partial charge in [-0.3, -0.25) is 9.59 Å². The Labute approximate surface area is 169 Å². The third kappa shape index (κ3) is 4.34. The Kier molecular flexibility index (Phi) is 6.31. The first kappa shape index (κ1) is 20.7. The van der Waals surface area contributed by atoms with Crippen LogP contribution in [0, 0.1) is 5.92 Å². The van der Waals surface area contributed by atoms with Crippen LogP contribution in [0.25, 0.3) is 0 Å². The molecule has 1 aromatic rings. The Morgan fingerprint density at radius 2 is 1.96 bits per heavy atom. The highest BCUT2D eigenvalue weighted by Crippen LogP contribution is 2.39. The van der Waals surface area contributed by atoms with E-state index in [1.54, 1.807) is 6.92 Å². The lowest BCUT2D eigenvalue weighted by Gasteiger charge is -2.43. The molecular formula is C23H34N2O3. The van der Waals surface area contributed by atoms with Gasteiger partial charge in [-0.25, -0.2) is 0 Å². The maximum atomic E-state index is 13.2. The fourth-order valence-corrected chi connectivity index (χ4v) is 4.67. The van der Waals surface area contributed by atoms with E-state index in [2.05, 4.69) is 13.0 Å². The minimum Gasteiger partial charge on any atom is -0.485 e. The predicted molar refractivity (Wildman–Crippen MR) is 110 cm³/mol. The summed E-state index contributed by atoms with van der Waals surface area (Å²) in [6, 6.07) is 8.35. The van der Waals surface area contributed by atoms with Crippen molar-refractivity contribution in [2.75, 3.05) is 13.6 Å². The first-order valence-corrected chi connectivity index (χ1v) is 10.6. The molecule has 0 bridgehead atoms. The standard InChI is InChI=1S/C23H34N2O3/c1-5-8-17(2)22(27)25-15-19-9-6-7-10-21(19)28-23(16-25)13-11-20(12-14-23)24(4)18(3)26/h6-7,9-10,17,20H,5,8,11-16H2,1-4H3. The number of hydrogen-bond donors (Lipinski definition) is 0. The van der Waals surface area contributed by atoms with E-state index in [9.17, 15) is 9.59 Å². The van der Waals surface area contributed by atoms with Crippen LogP contribution in [0.3, 0.4) is 0 Å². The molecule has 5 heteroatoms. The Hall–Kier alpha value is -2.04. The van der Waals surface area contributed by atoms with E-state index < -0.39 is 0 Å². The van der Waals surface area contributed by atoms with Gasteiger partial charge in [-0.05, 0) is 38.2 Å². The lowest BCUT2D eigenvalue weighted by Crippen LogP contribution is -2.53. The molecule has 5 nitrogen and oxygen atoms in total. The van der Waals surface area contributed by atoms with Gasteiger partial charge in [0.05, 0.1) is 6.54 Å². The van der Waals surface area contributed by atoms with Crippen LogP contribution in [0.1, 0.15) is 64.9 Å². The molecule has 1 aromatic carbocycles. The number of para-hydroxylation sites is 1. The number of amides is 2. The van der Waals surface area contributed by atoms with E-state index in [-0.39, 0.29) is 29.4 Å². The van der Waals surface area contributed by atoms with Crippen LogP contribution >= 0.6 is 0 Å². The predicted octanol–water partition coefficient (Wildman–Crippen LogP) is 4.00. The molecule has 1 atom stereocenters. The second-order valence-electron chi connectivity index (χ2n) is 8.64. The minimum absolute atomic E-state index is 0.0347. The molecule has 1 fully saturated rings. The molecule has 1 aliphatic heterocycles. The van der Waals surface area contributed by atoms with E-state index in [0.717, 1.165) is 49.8 Å². The molecule has 154 valence electrons. The zero-order valence-corrected chi connectivity index (χ0v) is 17.7. The number of hydrogen-bond acceptors (Lipinski definition) is 3. The van der Waals surface area contributed by atoms with Crippen LogP contribution in [0.4, 0.5) is 0 Å². The normalized spacial score (nSPS) is 25.4. The lowest BCUT2D eigenvalue weighted by molar-refractivity contribution is -0.139. The zero-order chi connectivity index (χ0) is 20.3. The second kappa shape index (κ2) is 8.54. The highest BCUT2D eigenvalue weighted by Gasteiger charge is 2.43. The Bertz CT molecular complexity index is 710. The number of rotatable bonds is 4. The Morgan fingerprint density at radius 1 is 1.29 bits per heavy atom. The van der Waals surface area contributed by atoms with Gasteiger partial charge in [-0.15, -0.1) is 0 Å². The number of carbonyl (C=O) groups excluding carboxylic acids is 2. The SMILES string of the molecule is CCCC(C)C(=O)N1Cc2ccccc2OC2(CCC(N(C)C(C)=O)CC2)C1. The van der Waals surface area contributed by atoms with Crippen LogP contribution < -0.4 is 4.74 Å². The first-order chi connectivity index (χ1) is 13.3. The van der Waals surface area contributed by atoms with Crippen molar-refractivity contribution >= 4 is 11.8 Å². The molecule has 0 aromatic heterocycles. The highest BCUT2D eigenvalue weighted by molar-refractivity contribution is 5.78. The quantitative estimate of drug-likeness (QED) is 0.786. The van der Waals surface area contributed by atoms with E-state index >= 15 is 0 Å². The largest absolute Gasteiger partial charge is 0.485 e. The van der Waals surface area contributed by atoms with Crippen molar-refractivity contribution < 1.29 is 14.3 Å². The fraction of sp³-hybridized carbons (Fsp3) is 0.652. The molecule has 1 unspecified atom stereocenters. The van der Waals surface area contributed by atoms with Gasteiger partial charge in [-0.1, -0.05) is 38.5 Å². The molecule has 0 radical (unpaired) electrons. The zero-order valence-electron chi connectivity index (χ0n) is 17.7. The molecule has 0 N–H and O–H groups in total. The summed E-state index contributed by atoms with van der Waals surface area (Å²) in [6.07, 6.45) is 5.45. The maximum Gasteiger partial charge on any atom is 0.225 e. The summed E-state index contributed by atoms with van der Waals surface area (Å²) >= 11 is 0. The van der Waals surface area contributed by atoms with E-state index in [1.165, 1.54) is 0 Å². The van der Waals surface area contributed by atoms with Gasteiger partial charge >= 0.3 is 0 Å². The number of fused-ring (bicyclic) bond motifs is 1. The third-order valence-corrected chi connectivity index (χ3v) is 6.51. The Morgan fingerprint density at radius 3 is 2.61 bits per heavy atom. The first-order valence-electron chi connectivity index (χ1n) is 10.6. The van der Waals surface area contributed by atoms with Crippen molar-refractivity contribution in [1.29, 1.82) is 0 Å². The van der Waals surface area contributed by atoms with Gasteiger partial charge in [0.25, 0.3) is 0 Å². The van der Waals surface area contributed by atoms with Gasteiger partial charge in [0, 0.05) is 38.0 Å². The summed E-state index contributed by atoms with van der Waals surface area (Å²) in [5.41, 5.74) is 0.724. The molecule has 3 rings (SSSR count). The molecule has 1 spiro atoms. The average molecular weight is 387 g/mol. The number of carbonyl (C=O) groups is 2. The Balaban J connectivity index is 1.83. The highest BCUT2D eigenvalue weighted by atomic mass is 16.5. The van der Waals surface area contributed by atoms with Crippen molar-refractivity contribution in [2.24, 2.45) is 5.92 Å². The van der Waals surface area contributed by atoms with Crippen LogP contribution in [0.15, 0.2) is 24.3 Å². The van der Waals surface area contributed by atoms with Gasteiger partial charge in [0.2, 0.25) is 11.8 Å². The molecule has 1 aliphatic carbocycles. The van der Waals surface area contributed by atoms with Crippen LogP contribution in [-0.4, -0.2) is 46.8 Å². The molecular weight excluding hydrogens is 352 g/mol. The maximum absolute atomic E-state index is 13.2. The average Bonchev–Trinajstić information content (AvgIpc) is 2.84. The van der Waals surface area contributed by atoms with Gasteiger partial charge in [0.15, 0.2) is 0 Å². The van der Waals surface area contributed by atoms with Gasteiger partial charge in [-0.2, -0.15) is 0 Å². The van der Waals surface area contributed by atoms with Crippen molar-refractivity contribution in [3.8, 4) is 5.75 Å². The summed E-state index contributed by atoms with van der Waals surface area (Å²) in [5, 5.41) is 0. The monoisotopic (exact) mass is 386 g/mol. The van der Waals surface area contributed by atoms with Crippen LogP contribution in [0.2, 0.25) is 0 Å². The topological polar surface area (TPSA) is 49.9 Å². The smallest absolute Gasteiger partial charge is 0.225 e.